The van der Waals surface area contributed by atoms with E-state index >= 15 is 0 Å². The zero-order valence-electron chi connectivity index (χ0n) is 11.9. The Morgan fingerprint density at radius 3 is 2.76 bits per heavy atom. The minimum absolute atomic E-state index is 0.0654. The monoisotopic (exact) mass is 301 g/mol. The van der Waals surface area contributed by atoms with Crippen LogP contribution < -0.4 is 5.32 Å². The third kappa shape index (κ3) is 2.47. The lowest BCUT2D eigenvalue weighted by Crippen LogP contribution is -2.37. The smallest absolute Gasteiger partial charge is 0.325 e. The summed E-state index contributed by atoms with van der Waals surface area (Å²) in [4.78, 5) is 13.3. The normalized spacial score (nSPS) is 27.1. The van der Waals surface area contributed by atoms with E-state index in [9.17, 15) is 4.79 Å². The number of benzene rings is 1. The molecule has 1 N–H and O–H groups in total. The molecule has 1 aliphatic carbocycles. The molecule has 2 aliphatic rings. The van der Waals surface area contributed by atoms with Crippen molar-refractivity contribution in [2.24, 2.45) is 5.92 Å². The van der Waals surface area contributed by atoms with E-state index in [4.69, 9.17) is 4.74 Å². The van der Waals surface area contributed by atoms with E-state index in [2.05, 4.69) is 23.5 Å². The number of hydrogen-bond donors (Lipinski definition) is 1. The molecular formula is C17H19NO2S. The van der Waals surface area contributed by atoms with Gasteiger partial charge in [-0.25, -0.2) is 0 Å². The van der Waals surface area contributed by atoms with Crippen LogP contribution in [0.5, 0.6) is 0 Å². The first-order valence-corrected chi connectivity index (χ1v) is 8.58. The van der Waals surface area contributed by atoms with Crippen LogP contribution in [-0.4, -0.2) is 12.0 Å². The van der Waals surface area contributed by atoms with Gasteiger partial charge in [0.1, 0.15) is 6.04 Å². The number of carbonyl (C=O) groups excluding carboxylic acids is 1. The number of esters is 1. The molecule has 2 unspecified atom stereocenters. The molecule has 1 saturated heterocycles. The highest BCUT2D eigenvalue weighted by Crippen LogP contribution is 2.36. The van der Waals surface area contributed by atoms with Crippen molar-refractivity contribution in [1.82, 2.24) is 5.32 Å². The number of nitrogens with one attached hydrogen (secondary N) is 1. The zero-order chi connectivity index (χ0) is 14.2. The van der Waals surface area contributed by atoms with Gasteiger partial charge >= 0.3 is 5.97 Å². The van der Waals surface area contributed by atoms with Crippen LogP contribution in [-0.2, 0) is 9.53 Å². The fraction of sp³-hybridized carbons (Fsp3) is 0.471. The van der Waals surface area contributed by atoms with Gasteiger partial charge in [0.2, 0.25) is 0 Å². The minimum atomic E-state index is -0.262. The summed E-state index contributed by atoms with van der Waals surface area (Å²) in [6.45, 7) is 0. The SMILES string of the molecule is O=C1OC(c2cc3ccccc3s2)NC1C1CCCCC1. The number of fused-ring (bicyclic) bond motifs is 1. The molecule has 1 aliphatic heterocycles. The number of cyclic esters (lactones) is 1. The topological polar surface area (TPSA) is 38.3 Å². The van der Waals surface area contributed by atoms with Crippen molar-refractivity contribution in [3.05, 3.63) is 35.2 Å². The van der Waals surface area contributed by atoms with Crippen molar-refractivity contribution in [2.45, 2.75) is 44.4 Å². The third-order valence-electron chi connectivity index (χ3n) is 4.64. The molecule has 0 radical (unpaired) electrons. The average molecular weight is 301 g/mol. The predicted molar refractivity (Wildman–Crippen MR) is 84.2 cm³/mol. The van der Waals surface area contributed by atoms with E-state index in [-0.39, 0.29) is 18.2 Å². The predicted octanol–water partition coefficient (Wildman–Crippen LogP) is 4.00. The molecule has 2 heterocycles. The lowest BCUT2D eigenvalue weighted by molar-refractivity contribution is -0.143. The van der Waals surface area contributed by atoms with Gasteiger partial charge in [0.05, 0.1) is 4.88 Å². The average Bonchev–Trinajstić information content (AvgIpc) is 3.11. The zero-order valence-corrected chi connectivity index (χ0v) is 12.7. The van der Waals surface area contributed by atoms with Crippen LogP contribution in [0.25, 0.3) is 10.1 Å². The maximum Gasteiger partial charge on any atom is 0.325 e. The summed E-state index contributed by atoms with van der Waals surface area (Å²) in [5.74, 6) is 0.384. The first kappa shape index (κ1) is 13.3. The van der Waals surface area contributed by atoms with Gasteiger partial charge in [-0.2, -0.15) is 0 Å². The maximum absolute atomic E-state index is 12.2. The molecule has 110 valence electrons. The van der Waals surface area contributed by atoms with Crippen molar-refractivity contribution >= 4 is 27.4 Å². The highest BCUT2D eigenvalue weighted by Gasteiger charge is 2.40. The maximum atomic E-state index is 12.2. The quantitative estimate of drug-likeness (QED) is 0.852. The Labute approximate surface area is 128 Å². The molecule has 2 atom stereocenters. The summed E-state index contributed by atoms with van der Waals surface area (Å²) >= 11 is 1.71. The number of carbonyl (C=O) groups is 1. The van der Waals surface area contributed by atoms with Gasteiger partial charge in [-0.1, -0.05) is 37.5 Å². The van der Waals surface area contributed by atoms with Crippen molar-refractivity contribution in [2.75, 3.05) is 0 Å². The summed E-state index contributed by atoms with van der Waals surface area (Å²) in [7, 11) is 0. The summed E-state index contributed by atoms with van der Waals surface area (Å²) in [6.07, 6.45) is 5.81. The van der Waals surface area contributed by atoms with Gasteiger partial charge in [-0.15, -0.1) is 11.3 Å². The van der Waals surface area contributed by atoms with E-state index in [0.717, 1.165) is 17.7 Å². The molecule has 2 fully saturated rings. The molecule has 1 aromatic carbocycles. The largest absolute Gasteiger partial charge is 0.440 e. The van der Waals surface area contributed by atoms with Crippen LogP contribution in [0.4, 0.5) is 0 Å². The van der Waals surface area contributed by atoms with Crippen LogP contribution in [0.15, 0.2) is 30.3 Å². The summed E-state index contributed by atoms with van der Waals surface area (Å²) in [5, 5.41) is 4.65. The van der Waals surface area contributed by atoms with E-state index in [1.807, 2.05) is 12.1 Å². The number of hydrogen-bond acceptors (Lipinski definition) is 4. The lowest BCUT2D eigenvalue weighted by atomic mass is 9.84. The fourth-order valence-electron chi connectivity index (χ4n) is 3.52. The lowest BCUT2D eigenvalue weighted by Gasteiger charge is -2.24. The molecule has 1 aromatic heterocycles. The van der Waals surface area contributed by atoms with E-state index < -0.39 is 0 Å². The third-order valence-corrected chi connectivity index (χ3v) is 5.80. The first-order chi connectivity index (χ1) is 10.3. The summed E-state index contributed by atoms with van der Waals surface area (Å²) in [5.41, 5.74) is 0. The minimum Gasteiger partial charge on any atom is -0.440 e. The Morgan fingerprint density at radius 2 is 1.95 bits per heavy atom. The van der Waals surface area contributed by atoms with Crippen LogP contribution in [0.2, 0.25) is 0 Å². The molecular weight excluding hydrogens is 282 g/mol. The van der Waals surface area contributed by atoms with Crippen LogP contribution in [0.1, 0.15) is 43.2 Å². The Hall–Kier alpha value is -1.39. The van der Waals surface area contributed by atoms with E-state index in [1.165, 1.54) is 29.3 Å². The van der Waals surface area contributed by atoms with Crippen molar-refractivity contribution in [3.63, 3.8) is 0 Å². The van der Waals surface area contributed by atoms with Crippen molar-refractivity contribution in [3.8, 4) is 0 Å². The number of ether oxygens (including phenoxy) is 1. The highest BCUT2D eigenvalue weighted by atomic mass is 32.1. The van der Waals surface area contributed by atoms with Gasteiger partial charge in [0.25, 0.3) is 0 Å². The van der Waals surface area contributed by atoms with Gasteiger partial charge < -0.3 is 4.74 Å². The molecule has 2 aromatic rings. The van der Waals surface area contributed by atoms with Crippen LogP contribution in [0, 0.1) is 5.92 Å². The second kappa shape index (κ2) is 5.43. The van der Waals surface area contributed by atoms with Crippen LogP contribution in [0.3, 0.4) is 0 Å². The Kier molecular flexibility index (Phi) is 3.43. The molecule has 3 nitrogen and oxygen atoms in total. The Balaban J connectivity index is 1.55. The van der Waals surface area contributed by atoms with Gasteiger partial charge in [0, 0.05) is 4.70 Å². The van der Waals surface area contributed by atoms with Gasteiger partial charge in [-0.05, 0) is 36.3 Å². The molecule has 4 heteroatoms. The van der Waals surface area contributed by atoms with Crippen molar-refractivity contribution < 1.29 is 9.53 Å². The number of thiophene rings is 1. The molecule has 0 amide bonds. The van der Waals surface area contributed by atoms with Crippen LogP contribution >= 0.6 is 11.3 Å². The van der Waals surface area contributed by atoms with Gasteiger partial charge in [-0.3, -0.25) is 10.1 Å². The Morgan fingerprint density at radius 1 is 1.14 bits per heavy atom. The fourth-order valence-corrected chi connectivity index (χ4v) is 4.58. The summed E-state index contributed by atoms with van der Waals surface area (Å²) in [6, 6.07) is 10.3. The summed E-state index contributed by atoms with van der Waals surface area (Å²) < 4.78 is 6.85. The second-order valence-corrected chi connectivity index (χ2v) is 7.16. The second-order valence-electron chi connectivity index (χ2n) is 6.05. The first-order valence-electron chi connectivity index (χ1n) is 7.76. The standard InChI is InChI=1S/C17H19NO2S/c19-17-15(11-6-2-1-3-7-11)18-16(20-17)14-10-12-8-4-5-9-13(12)21-14/h4-5,8-11,15-16,18H,1-3,6-7H2. The number of rotatable bonds is 2. The van der Waals surface area contributed by atoms with Gasteiger partial charge in [0.15, 0.2) is 6.23 Å². The molecule has 1 saturated carbocycles. The molecule has 0 bridgehead atoms. The molecule has 21 heavy (non-hydrogen) atoms. The van der Waals surface area contributed by atoms with Crippen molar-refractivity contribution in [1.29, 1.82) is 0 Å². The molecule has 0 spiro atoms. The van der Waals surface area contributed by atoms with E-state index in [0.29, 0.717) is 5.92 Å². The van der Waals surface area contributed by atoms with E-state index in [1.54, 1.807) is 11.3 Å². The highest BCUT2D eigenvalue weighted by molar-refractivity contribution is 7.19. The molecule has 4 rings (SSSR count). The Bertz CT molecular complexity index is 627.